The highest BCUT2D eigenvalue weighted by atomic mass is 35.5. The Hall–Kier alpha value is -2.46. The third-order valence-corrected chi connectivity index (χ3v) is 6.37. The lowest BCUT2D eigenvalue weighted by Gasteiger charge is -2.15. The van der Waals surface area contributed by atoms with Crippen LogP contribution in [0.1, 0.15) is 21.5 Å². The van der Waals surface area contributed by atoms with Crippen LogP contribution in [0.2, 0.25) is 5.02 Å². The molecule has 2 rings (SSSR count). The normalized spacial score (nSPS) is 11.4. The maximum absolute atomic E-state index is 12.4. The quantitative estimate of drug-likeness (QED) is 0.645. The first-order valence-electron chi connectivity index (χ1n) is 8.54. The van der Waals surface area contributed by atoms with Crippen LogP contribution < -0.4 is 10.6 Å². The SMILES string of the molecule is CON(C)S(=O)(=O)c1ccc(Cl)c(C(=O)NCC(=O)Nc2cccc(C)c2C)c1. The molecule has 2 aromatic rings. The predicted molar refractivity (Wildman–Crippen MR) is 110 cm³/mol. The summed E-state index contributed by atoms with van der Waals surface area (Å²) < 4.78 is 25.3. The van der Waals surface area contributed by atoms with Gasteiger partial charge in [-0.3, -0.25) is 14.4 Å². The zero-order valence-electron chi connectivity index (χ0n) is 16.4. The van der Waals surface area contributed by atoms with Gasteiger partial charge in [-0.15, -0.1) is 0 Å². The first-order chi connectivity index (χ1) is 13.6. The molecular weight excluding hydrogens is 418 g/mol. The summed E-state index contributed by atoms with van der Waals surface area (Å²) in [5.74, 6) is -1.10. The van der Waals surface area contributed by atoms with Gasteiger partial charge in [0.25, 0.3) is 15.9 Å². The Kier molecular flexibility index (Phi) is 7.37. The number of benzene rings is 2. The van der Waals surface area contributed by atoms with Gasteiger partial charge in [0.15, 0.2) is 0 Å². The summed E-state index contributed by atoms with van der Waals surface area (Å²) in [4.78, 5) is 29.2. The van der Waals surface area contributed by atoms with Crippen molar-refractivity contribution in [1.82, 2.24) is 9.79 Å². The molecule has 29 heavy (non-hydrogen) atoms. The van der Waals surface area contributed by atoms with E-state index in [2.05, 4.69) is 10.6 Å². The number of hydrogen-bond donors (Lipinski definition) is 2. The van der Waals surface area contributed by atoms with Crippen LogP contribution in [0.4, 0.5) is 5.69 Å². The highest BCUT2D eigenvalue weighted by Gasteiger charge is 2.23. The fourth-order valence-corrected chi connectivity index (χ4v) is 3.63. The molecule has 0 radical (unpaired) electrons. The van der Waals surface area contributed by atoms with Crippen molar-refractivity contribution in [2.24, 2.45) is 0 Å². The van der Waals surface area contributed by atoms with Crippen molar-refractivity contribution in [3.63, 3.8) is 0 Å². The molecule has 0 heterocycles. The molecular formula is C19H22ClN3O5S. The highest BCUT2D eigenvalue weighted by Crippen LogP contribution is 2.22. The number of halogens is 1. The van der Waals surface area contributed by atoms with Gasteiger partial charge >= 0.3 is 0 Å². The number of hydrogen-bond acceptors (Lipinski definition) is 5. The van der Waals surface area contributed by atoms with E-state index in [9.17, 15) is 18.0 Å². The van der Waals surface area contributed by atoms with Gasteiger partial charge in [0.1, 0.15) is 0 Å². The van der Waals surface area contributed by atoms with Crippen molar-refractivity contribution in [3.8, 4) is 0 Å². The molecule has 2 amide bonds. The van der Waals surface area contributed by atoms with Gasteiger partial charge in [-0.2, -0.15) is 0 Å². The number of carbonyl (C=O) groups is 2. The lowest BCUT2D eigenvalue weighted by Crippen LogP contribution is -2.33. The van der Waals surface area contributed by atoms with Gasteiger partial charge in [-0.1, -0.05) is 28.2 Å². The van der Waals surface area contributed by atoms with Crippen LogP contribution in [-0.4, -0.2) is 45.4 Å². The third kappa shape index (κ3) is 5.33. The standard InChI is InChI=1S/C19H22ClN3O5S/c1-12-6-5-7-17(13(12)2)22-18(24)11-21-19(25)15-10-14(8-9-16(15)20)29(26,27)23(3)28-4/h5-10H,11H2,1-4H3,(H,21,25)(H,22,24). The van der Waals surface area contributed by atoms with Crippen LogP contribution >= 0.6 is 11.6 Å². The van der Waals surface area contributed by atoms with Crippen molar-refractivity contribution >= 4 is 39.1 Å². The van der Waals surface area contributed by atoms with E-state index in [0.717, 1.165) is 17.2 Å². The van der Waals surface area contributed by atoms with Crippen LogP contribution in [0.15, 0.2) is 41.3 Å². The number of nitrogens with zero attached hydrogens (tertiary/aromatic N) is 1. The molecule has 0 aliphatic carbocycles. The maximum atomic E-state index is 12.4. The molecule has 0 unspecified atom stereocenters. The molecule has 2 aromatic carbocycles. The molecule has 10 heteroatoms. The smallest absolute Gasteiger partial charge is 0.264 e. The molecule has 0 saturated carbocycles. The van der Waals surface area contributed by atoms with Crippen molar-refractivity contribution in [2.45, 2.75) is 18.7 Å². The van der Waals surface area contributed by atoms with Crippen molar-refractivity contribution in [3.05, 3.63) is 58.1 Å². The lowest BCUT2D eigenvalue weighted by molar-refractivity contribution is -0.115. The van der Waals surface area contributed by atoms with Crippen LogP contribution in [-0.2, 0) is 19.7 Å². The number of aryl methyl sites for hydroxylation is 1. The summed E-state index contributed by atoms with van der Waals surface area (Å²) in [6.45, 7) is 3.50. The zero-order valence-corrected chi connectivity index (χ0v) is 18.0. The molecule has 0 aliphatic rings. The second kappa shape index (κ2) is 9.36. The third-order valence-electron chi connectivity index (χ3n) is 4.36. The zero-order chi connectivity index (χ0) is 21.8. The van der Waals surface area contributed by atoms with E-state index in [0.29, 0.717) is 10.2 Å². The summed E-state index contributed by atoms with van der Waals surface area (Å²) in [6.07, 6.45) is 0. The van der Waals surface area contributed by atoms with Gasteiger partial charge in [0.2, 0.25) is 5.91 Å². The Labute approximate surface area is 174 Å². The van der Waals surface area contributed by atoms with Crippen LogP contribution in [0.3, 0.4) is 0 Å². The van der Waals surface area contributed by atoms with E-state index < -0.39 is 21.8 Å². The van der Waals surface area contributed by atoms with Gasteiger partial charge in [0.05, 0.1) is 29.1 Å². The van der Waals surface area contributed by atoms with E-state index in [-0.39, 0.29) is 22.0 Å². The predicted octanol–water partition coefficient (Wildman–Crippen LogP) is 2.51. The Morgan fingerprint density at radius 1 is 1.17 bits per heavy atom. The summed E-state index contributed by atoms with van der Waals surface area (Å²) in [5, 5.41) is 5.22. The average Bonchev–Trinajstić information content (AvgIpc) is 2.69. The van der Waals surface area contributed by atoms with Crippen LogP contribution in [0.5, 0.6) is 0 Å². The minimum atomic E-state index is -3.95. The highest BCUT2D eigenvalue weighted by molar-refractivity contribution is 7.89. The van der Waals surface area contributed by atoms with Gasteiger partial charge in [0, 0.05) is 12.7 Å². The number of carbonyl (C=O) groups excluding carboxylic acids is 2. The second-order valence-corrected chi connectivity index (χ2v) is 8.56. The lowest BCUT2D eigenvalue weighted by atomic mass is 10.1. The molecule has 156 valence electrons. The van der Waals surface area contributed by atoms with Gasteiger partial charge in [-0.05, 0) is 49.2 Å². The Balaban J connectivity index is 2.12. The molecule has 2 N–H and O–H groups in total. The summed E-state index contributed by atoms with van der Waals surface area (Å²) in [5.41, 5.74) is 2.53. The van der Waals surface area contributed by atoms with Crippen molar-refractivity contribution in [2.75, 3.05) is 26.0 Å². The van der Waals surface area contributed by atoms with Gasteiger partial charge in [-0.25, -0.2) is 8.42 Å². The van der Waals surface area contributed by atoms with Gasteiger partial charge < -0.3 is 10.6 Å². The largest absolute Gasteiger partial charge is 0.343 e. The second-order valence-electron chi connectivity index (χ2n) is 6.22. The molecule has 8 nitrogen and oxygen atoms in total. The number of rotatable bonds is 7. The minimum Gasteiger partial charge on any atom is -0.343 e. The summed E-state index contributed by atoms with van der Waals surface area (Å²) in [7, 11) is -1.52. The van der Waals surface area contributed by atoms with E-state index >= 15 is 0 Å². The Morgan fingerprint density at radius 3 is 2.52 bits per heavy atom. The Morgan fingerprint density at radius 2 is 1.86 bits per heavy atom. The molecule has 0 fully saturated rings. The van der Waals surface area contributed by atoms with E-state index in [4.69, 9.17) is 16.4 Å². The van der Waals surface area contributed by atoms with Crippen LogP contribution in [0.25, 0.3) is 0 Å². The minimum absolute atomic E-state index is 0.0523. The summed E-state index contributed by atoms with van der Waals surface area (Å²) >= 11 is 6.04. The van der Waals surface area contributed by atoms with Crippen LogP contribution in [0, 0.1) is 13.8 Å². The molecule has 0 bridgehead atoms. The van der Waals surface area contributed by atoms with E-state index in [1.807, 2.05) is 26.0 Å². The number of amides is 2. The molecule has 0 aromatic heterocycles. The molecule has 0 spiro atoms. The fraction of sp³-hybridized carbons (Fsp3) is 0.263. The fourth-order valence-electron chi connectivity index (χ4n) is 2.42. The monoisotopic (exact) mass is 439 g/mol. The first-order valence-corrected chi connectivity index (χ1v) is 10.4. The molecule has 0 atom stereocenters. The van der Waals surface area contributed by atoms with Crippen molar-refractivity contribution in [1.29, 1.82) is 0 Å². The molecule has 0 saturated heterocycles. The number of sulfonamides is 1. The first kappa shape index (κ1) is 22.8. The number of nitrogens with one attached hydrogen (secondary N) is 2. The Bertz CT molecular complexity index is 1040. The van der Waals surface area contributed by atoms with E-state index in [1.165, 1.54) is 26.3 Å². The average molecular weight is 440 g/mol. The topological polar surface area (TPSA) is 105 Å². The number of anilines is 1. The molecule has 0 aliphatic heterocycles. The van der Waals surface area contributed by atoms with E-state index in [1.54, 1.807) is 6.07 Å². The maximum Gasteiger partial charge on any atom is 0.264 e. The van der Waals surface area contributed by atoms with Crippen molar-refractivity contribution < 1.29 is 22.8 Å². The summed E-state index contributed by atoms with van der Waals surface area (Å²) in [6, 6.07) is 9.20. The number of hydroxylamine groups is 1.